The van der Waals surface area contributed by atoms with Crippen molar-refractivity contribution in [3.63, 3.8) is 0 Å². The van der Waals surface area contributed by atoms with Crippen LogP contribution < -0.4 is 5.73 Å². The van der Waals surface area contributed by atoms with Crippen LogP contribution in [0.2, 0.25) is 5.02 Å². The fourth-order valence-corrected chi connectivity index (χ4v) is 1.28. The predicted octanol–water partition coefficient (Wildman–Crippen LogP) is 1.84. The Hall–Kier alpha value is -1.20. The molecule has 1 atom stereocenters. The van der Waals surface area contributed by atoms with Gasteiger partial charge in [0.25, 0.3) is 6.43 Å². The van der Waals surface area contributed by atoms with Crippen molar-refractivity contribution in [2.75, 3.05) is 0 Å². The molecule has 0 saturated carbocycles. The molecule has 82 valence electrons. The van der Waals surface area contributed by atoms with E-state index in [9.17, 15) is 13.6 Å². The van der Waals surface area contributed by atoms with E-state index in [-0.39, 0.29) is 10.6 Å². The third kappa shape index (κ3) is 2.08. The quantitative estimate of drug-likeness (QED) is 0.840. The minimum atomic E-state index is -3.21. The largest absolute Gasteiger partial charge is 0.479 e. The van der Waals surface area contributed by atoms with Crippen LogP contribution in [0.25, 0.3) is 0 Å². The van der Waals surface area contributed by atoms with E-state index in [2.05, 4.69) is 0 Å². The summed E-state index contributed by atoms with van der Waals surface area (Å²) in [6.07, 6.45) is -3.21. The van der Waals surface area contributed by atoms with Crippen molar-refractivity contribution in [2.45, 2.75) is 12.0 Å². The van der Waals surface area contributed by atoms with Crippen molar-refractivity contribution in [3.05, 3.63) is 34.9 Å². The fourth-order valence-electron chi connectivity index (χ4n) is 1.09. The molecule has 0 saturated heterocycles. The zero-order valence-electron chi connectivity index (χ0n) is 7.45. The standard InChI is InChI=1S/C9H8ClF2NO2/c10-6-3-1-2-5(4-6)9(13,7(11)12)8(14)15/h1-4,7H,13H2,(H,14,15). The summed E-state index contributed by atoms with van der Waals surface area (Å²) >= 11 is 5.57. The highest BCUT2D eigenvalue weighted by atomic mass is 35.5. The second kappa shape index (κ2) is 4.12. The summed E-state index contributed by atoms with van der Waals surface area (Å²) < 4.78 is 25.2. The zero-order chi connectivity index (χ0) is 11.6. The first kappa shape index (κ1) is 11.9. The van der Waals surface area contributed by atoms with E-state index >= 15 is 0 Å². The monoisotopic (exact) mass is 235 g/mol. The topological polar surface area (TPSA) is 63.3 Å². The summed E-state index contributed by atoms with van der Waals surface area (Å²) in [7, 11) is 0. The molecule has 0 amide bonds. The van der Waals surface area contributed by atoms with Gasteiger partial charge < -0.3 is 10.8 Å². The molecular weight excluding hydrogens is 228 g/mol. The Morgan fingerprint density at radius 2 is 2.13 bits per heavy atom. The van der Waals surface area contributed by atoms with E-state index in [1.807, 2.05) is 0 Å². The Morgan fingerprint density at radius 3 is 2.53 bits per heavy atom. The molecule has 0 bridgehead atoms. The first-order valence-corrected chi connectivity index (χ1v) is 4.33. The number of carboxylic acids is 1. The molecule has 15 heavy (non-hydrogen) atoms. The maximum Gasteiger partial charge on any atom is 0.334 e. The number of carboxylic acid groups (broad SMARTS) is 1. The molecule has 1 aromatic carbocycles. The van der Waals surface area contributed by atoms with Crippen LogP contribution in [0.15, 0.2) is 24.3 Å². The highest BCUT2D eigenvalue weighted by Gasteiger charge is 2.45. The van der Waals surface area contributed by atoms with Gasteiger partial charge in [-0.2, -0.15) is 0 Å². The minimum absolute atomic E-state index is 0.157. The summed E-state index contributed by atoms with van der Waals surface area (Å²) in [4.78, 5) is 10.7. The molecule has 0 heterocycles. The Bertz CT molecular complexity index is 386. The van der Waals surface area contributed by atoms with Gasteiger partial charge in [0.2, 0.25) is 5.54 Å². The molecule has 3 N–H and O–H groups in total. The average molecular weight is 236 g/mol. The van der Waals surface area contributed by atoms with Gasteiger partial charge in [-0.05, 0) is 17.7 Å². The van der Waals surface area contributed by atoms with Crippen LogP contribution in [-0.4, -0.2) is 17.5 Å². The molecule has 0 spiro atoms. The zero-order valence-corrected chi connectivity index (χ0v) is 8.21. The summed E-state index contributed by atoms with van der Waals surface area (Å²) in [6.45, 7) is 0. The van der Waals surface area contributed by atoms with Crippen molar-refractivity contribution in [1.82, 2.24) is 0 Å². The van der Waals surface area contributed by atoms with Crippen LogP contribution in [-0.2, 0) is 10.3 Å². The molecular formula is C9H8ClF2NO2. The van der Waals surface area contributed by atoms with Crippen molar-refractivity contribution < 1.29 is 18.7 Å². The molecule has 6 heteroatoms. The third-order valence-corrected chi connectivity index (χ3v) is 2.24. The molecule has 1 unspecified atom stereocenters. The van der Waals surface area contributed by atoms with Crippen LogP contribution >= 0.6 is 11.6 Å². The lowest BCUT2D eigenvalue weighted by Gasteiger charge is -2.24. The lowest BCUT2D eigenvalue weighted by atomic mass is 9.91. The van der Waals surface area contributed by atoms with E-state index in [1.165, 1.54) is 18.2 Å². The molecule has 1 aromatic rings. The summed E-state index contributed by atoms with van der Waals surface area (Å²) in [5, 5.41) is 8.86. The van der Waals surface area contributed by atoms with Gasteiger partial charge in [-0.15, -0.1) is 0 Å². The smallest absolute Gasteiger partial charge is 0.334 e. The van der Waals surface area contributed by atoms with Crippen LogP contribution in [0.4, 0.5) is 8.78 Å². The molecule has 0 aliphatic heterocycles. The van der Waals surface area contributed by atoms with E-state index in [0.717, 1.165) is 6.07 Å². The van der Waals surface area contributed by atoms with E-state index in [0.29, 0.717) is 0 Å². The van der Waals surface area contributed by atoms with Crippen LogP contribution in [0.3, 0.4) is 0 Å². The van der Waals surface area contributed by atoms with Gasteiger partial charge in [0, 0.05) is 5.02 Å². The van der Waals surface area contributed by atoms with Crippen molar-refractivity contribution in [2.24, 2.45) is 5.73 Å². The molecule has 0 radical (unpaired) electrons. The van der Waals surface area contributed by atoms with Gasteiger partial charge in [-0.3, -0.25) is 0 Å². The van der Waals surface area contributed by atoms with Crippen molar-refractivity contribution in [3.8, 4) is 0 Å². The molecule has 0 aromatic heterocycles. The lowest BCUT2D eigenvalue weighted by molar-refractivity contribution is -0.150. The minimum Gasteiger partial charge on any atom is -0.479 e. The molecule has 3 nitrogen and oxygen atoms in total. The second-order valence-electron chi connectivity index (χ2n) is 2.99. The number of aliphatic carboxylic acids is 1. The summed E-state index contributed by atoms with van der Waals surface area (Å²) in [5.41, 5.74) is 2.22. The molecule has 0 aliphatic rings. The Kier molecular flexibility index (Phi) is 3.26. The molecule has 0 fully saturated rings. The third-order valence-electron chi connectivity index (χ3n) is 2.00. The maximum absolute atomic E-state index is 12.6. The molecule has 0 aliphatic carbocycles. The second-order valence-corrected chi connectivity index (χ2v) is 3.42. The molecule has 1 rings (SSSR count). The Morgan fingerprint density at radius 1 is 1.53 bits per heavy atom. The van der Waals surface area contributed by atoms with E-state index in [4.69, 9.17) is 22.4 Å². The maximum atomic E-state index is 12.6. The first-order chi connectivity index (χ1) is 6.89. The number of rotatable bonds is 3. The summed E-state index contributed by atoms with van der Waals surface area (Å²) in [5.74, 6) is -1.79. The van der Waals surface area contributed by atoms with Gasteiger partial charge in [0.1, 0.15) is 0 Å². The van der Waals surface area contributed by atoms with Gasteiger partial charge >= 0.3 is 5.97 Å². The number of hydrogen-bond donors (Lipinski definition) is 2. The highest BCUT2D eigenvalue weighted by molar-refractivity contribution is 6.30. The number of benzene rings is 1. The highest BCUT2D eigenvalue weighted by Crippen LogP contribution is 2.27. The van der Waals surface area contributed by atoms with E-state index < -0.39 is 17.9 Å². The Balaban J connectivity index is 3.28. The first-order valence-electron chi connectivity index (χ1n) is 3.95. The number of halogens is 3. The van der Waals surface area contributed by atoms with Gasteiger partial charge in [-0.25, -0.2) is 13.6 Å². The van der Waals surface area contributed by atoms with Gasteiger partial charge in [0.05, 0.1) is 0 Å². The van der Waals surface area contributed by atoms with Crippen LogP contribution in [0.1, 0.15) is 5.56 Å². The fraction of sp³-hybridized carbons (Fsp3) is 0.222. The van der Waals surface area contributed by atoms with Gasteiger partial charge in [-0.1, -0.05) is 23.7 Å². The normalized spacial score (nSPS) is 15.0. The van der Waals surface area contributed by atoms with Crippen LogP contribution in [0.5, 0.6) is 0 Å². The SMILES string of the molecule is NC(C(=O)O)(c1cccc(Cl)c1)C(F)F. The number of hydrogen-bond acceptors (Lipinski definition) is 2. The number of nitrogens with two attached hydrogens (primary N) is 1. The van der Waals surface area contributed by atoms with Crippen molar-refractivity contribution >= 4 is 17.6 Å². The summed E-state index contributed by atoms with van der Waals surface area (Å²) in [6, 6.07) is 5.12. The number of carbonyl (C=O) groups is 1. The Labute approximate surface area is 89.5 Å². The number of alkyl halides is 2. The van der Waals surface area contributed by atoms with Crippen LogP contribution in [0, 0.1) is 0 Å². The van der Waals surface area contributed by atoms with Gasteiger partial charge in [0.15, 0.2) is 0 Å². The average Bonchev–Trinajstić information content (AvgIpc) is 2.15. The lowest BCUT2D eigenvalue weighted by Crippen LogP contribution is -2.51. The van der Waals surface area contributed by atoms with E-state index in [1.54, 1.807) is 0 Å². The predicted molar refractivity (Wildman–Crippen MR) is 51.0 cm³/mol. The van der Waals surface area contributed by atoms with Crippen molar-refractivity contribution in [1.29, 1.82) is 0 Å².